The van der Waals surface area contributed by atoms with E-state index in [0.717, 1.165) is 17.0 Å². The Kier molecular flexibility index (Phi) is 7.20. The second kappa shape index (κ2) is 9.32. The molecule has 30 heavy (non-hydrogen) atoms. The van der Waals surface area contributed by atoms with Crippen LogP contribution >= 0.6 is 0 Å². The maximum atomic E-state index is 11.4. The lowest BCUT2D eigenvalue weighted by atomic mass is 9.78. The van der Waals surface area contributed by atoms with Crippen molar-refractivity contribution in [3.05, 3.63) is 28.8 Å². The highest BCUT2D eigenvalue weighted by Crippen LogP contribution is 2.38. The minimum absolute atomic E-state index is 0.0171. The maximum Gasteiger partial charge on any atom is 0.132 e. The molecule has 0 heterocycles. The smallest absolute Gasteiger partial charge is 0.132 e. The molecule has 0 spiro atoms. The molecular weight excluding hydrogens is 368 g/mol. The molecule has 2 aliphatic rings. The number of aliphatic imine (C=N–C) groups is 1. The summed E-state index contributed by atoms with van der Waals surface area (Å²) >= 11 is 0. The molecule has 2 aliphatic carbocycles. The molecule has 2 fully saturated rings. The highest BCUT2D eigenvalue weighted by atomic mass is 16.3. The van der Waals surface area contributed by atoms with Gasteiger partial charge in [0, 0.05) is 11.6 Å². The first kappa shape index (κ1) is 23.2. The van der Waals surface area contributed by atoms with Gasteiger partial charge in [0.05, 0.1) is 11.6 Å². The average molecular weight is 413 g/mol. The first-order valence-electron chi connectivity index (χ1n) is 12.3. The number of benzene rings is 1. The van der Waals surface area contributed by atoms with Gasteiger partial charge in [0.2, 0.25) is 0 Å². The molecule has 3 rings (SSSR count). The third-order valence-electron chi connectivity index (χ3n) is 6.87. The van der Waals surface area contributed by atoms with Crippen molar-refractivity contribution in [3.8, 4) is 5.75 Å². The predicted octanol–water partition coefficient (Wildman–Crippen LogP) is 6.99. The highest BCUT2D eigenvalue weighted by molar-refractivity contribution is 6.02. The van der Waals surface area contributed by atoms with E-state index in [9.17, 15) is 5.11 Å². The summed E-state index contributed by atoms with van der Waals surface area (Å²) in [5, 5.41) is 15.2. The fourth-order valence-corrected chi connectivity index (χ4v) is 4.84. The van der Waals surface area contributed by atoms with Gasteiger partial charge in [-0.15, -0.1) is 0 Å². The fourth-order valence-electron chi connectivity index (χ4n) is 4.84. The first-order valence-corrected chi connectivity index (χ1v) is 12.3. The van der Waals surface area contributed by atoms with Crippen LogP contribution in [0.1, 0.15) is 122 Å². The summed E-state index contributed by atoms with van der Waals surface area (Å²) in [6.07, 6.45) is 12.5. The maximum absolute atomic E-state index is 11.4. The molecule has 0 atom stereocenters. The molecule has 3 nitrogen and oxygen atoms in total. The van der Waals surface area contributed by atoms with E-state index in [4.69, 9.17) is 4.99 Å². The molecule has 2 saturated carbocycles. The largest absolute Gasteiger partial charge is 0.507 e. The second-order valence-corrected chi connectivity index (χ2v) is 11.7. The number of hydrogen-bond acceptors (Lipinski definition) is 2. The SMILES string of the molecule is CC(C)(C)c1cc(C(=NC2CCCCC2)NC2CCCCC2)c(O)c(C(C)(C)C)c1. The number of aromatic hydroxyl groups is 1. The molecule has 0 amide bonds. The van der Waals surface area contributed by atoms with Gasteiger partial charge in [-0.25, -0.2) is 0 Å². The zero-order valence-corrected chi connectivity index (χ0v) is 20.3. The van der Waals surface area contributed by atoms with Crippen molar-refractivity contribution in [1.29, 1.82) is 0 Å². The predicted molar refractivity (Wildman–Crippen MR) is 129 cm³/mol. The molecule has 0 aromatic heterocycles. The van der Waals surface area contributed by atoms with Gasteiger partial charge in [0.15, 0.2) is 0 Å². The summed E-state index contributed by atoms with van der Waals surface area (Å²) in [4.78, 5) is 5.25. The van der Waals surface area contributed by atoms with Crippen molar-refractivity contribution < 1.29 is 5.11 Å². The molecule has 0 unspecified atom stereocenters. The van der Waals surface area contributed by atoms with Gasteiger partial charge < -0.3 is 10.4 Å². The van der Waals surface area contributed by atoms with Gasteiger partial charge in [-0.3, -0.25) is 4.99 Å². The third-order valence-corrected chi connectivity index (χ3v) is 6.87. The van der Waals surface area contributed by atoms with Gasteiger partial charge in [0.25, 0.3) is 0 Å². The van der Waals surface area contributed by atoms with E-state index < -0.39 is 0 Å². The quantitative estimate of drug-likeness (QED) is 0.415. The third kappa shape index (κ3) is 5.80. The standard InChI is InChI=1S/C27H44N2O/c1-26(2,3)19-17-22(24(30)23(18-19)27(4,5)6)25(28-20-13-9-7-10-14-20)29-21-15-11-8-12-16-21/h17-18,20-21,30H,7-16H2,1-6H3,(H,28,29). The molecule has 1 aromatic carbocycles. The summed E-state index contributed by atoms with van der Waals surface area (Å²) in [7, 11) is 0. The Balaban J connectivity index is 2.09. The minimum Gasteiger partial charge on any atom is -0.507 e. The summed E-state index contributed by atoms with van der Waals surface area (Å²) in [6, 6.07) is 5.25. The summed E-state index contributed by atoms with van der Waals surface area (Å²) < 4.78 is 0. The van der Waals surface area contributed by atoms with Crippen molar-refractivity contribution in [2.24, 2.45) is 4.99 Å². The Labute approximate surface area is 184 Å². The van der Waals surface area contributed by atoms with Crippen LogP contribution in [-0.4, -0.2) is 23.0 Å². The number of rotatable bonds is 3. The number of nitrogens with zero attached hydrogens (tertiary/aromatic N) is 1. The van der Waals surface area contributed by atoms with E-state index in [-0.39, 0.29) is 10.8 Å². The zero-order valence-electron chi connectivity index (χ0n) is 20.3. The van der Waals surface area contributed by atoms with Crippen molar-refractivity contribution in [2.45, 2.75) is 129 Å². The van der Waals surface area contributed by atoms with Crippen molar-refractivity contribution in [2.75, 3.05) is 0 Å². The summed E-state index contributed by atoms with van der Waals surface area (Å²) in [6.45, 7) is 13.3. The number of hydrogen-bond donors (Lipinski definition) is 2. The first-order chi connectivity index (χ1) is 14.1. The lowest BCUT2D eigenvalue weighted by molar-refractivity contribution is 0.407. The summed E-state index contributed by atoms with van der Waals surface area (Å²) in [5.41, 5.74) is 3.08. The monoisotopic (exact) mass is 412 g/mol. The Bertz CT molecular complexity index is 739. The molecule has 2 N–H and O–H groups in total. The van der Waals surface area contributed by atoms with Gasteiger partial charge in [-0.2, -0.15) is 0 Å². The number of amidine groups is 1. The van der Waals surface area contributed by atoms with Crippen LogP contribution in [0.4, 0.5) is 0 Å². The molecular formula is C27H44N2O. The fraction of sp³-hybridized carbons (Fsp3) is 0.741. The Morgan fingerprint density at radius 2 is 1.40 bits per heavy atom. The lowest BCUT2D eigenvalue weighted by Crippen LogP contribution is -2.38. The molecule has 1 aromatic rings. The van der Waals surface area contributed by atoms with E-state index >= 15 is 0 Å². The van der Waals surface area contributed by atoms with Gasteiger partial charge in [0.1, 0.15) is 11.6 Å². The topological polar surface area (TPSA) is 44.6 Å². The second-order valence-electron chi connectivity index (χ2n) is 11.7. The average Bonchev–Trinajstić information content (AvgIpc) is 2.67. The van der Waals surface area contributed by atoms with E-state index in [1.54, 1.807) is 0 Å². The highest BCUT2D eigenvalue weighted by Gasteiger charge is 2.28. The number of nitrogens with one attached hydrogen (secondary N) is 1. The van der Waals surface area contributed by atoms with Gasteiger partial charge >= 0.3 is 0 Å². The zero-order chi connectivity index (χ0) is 21.9. The molecule has 168 valence electrons. The van der Waals surface area contributed by atoms with Crippen LogP contribution in [0.2, 0.25) is 0 Å². The van der Waals surface area contributed by atoms with Crippen LogP contribution < -0.4 is 5.32 Å². The van der Waals surface area contributed by atoms with Crippen LogP contribution in [0.5, 0.6) is 5.75 Å². The Hall–Kier alpha value is -1.51. The van der Waals surface area contributed by atoms with E-state index in [2.05, 4.69) is 59.0 Å². The lowest BCUT2D eigenvalue weighted by Gasteiger charge is -2.30. The number of phenolic OH excluding ortho intramolecular Hbond substituents is 1. The van der Waals surface area contributed by atoms with Crippen LogP contribution in [0.25, 0.3) is 0 Å². The van der Waals surface area contributed by atoms with Gasteiger partial charge in [-0.1, -0.05) is 86.1 Å². The van der Waals surface area contributed by atoms with Crippen LogP contribution in [0.3, 0.4) is 0 Å². The molecule has 0 radical (unpaired) electrons. The summed E-state index contributed by atoms with van der Waals surface area (Å²) in [5.74, 6) is 1.34. The molecule has 0 saturated heterocycles. The van der Waals surface area contributed by atoms with Crippen molar-refractivity contribution in [3.63, 3.8) is 0 Å². The molecule has 3 heteroatoms. The van der Waals surface area contributed by atoms with Crippen molar-refractivity contribution in [1.82, 2.24) is 5.32 Å². The number of phenols is 1. The Morgan fingerprint density at radius 1 is 0.833 bits per heavy atom. The Morgan fingerprint density at radius 3 is 1.93 bits per heavy atom. The van der Waals surface area contributed by atoms with Crippen molar-refractivity contribution >= 4 is 5.84 Å². The van der Waals surface area contributed by atoms with E-state index in [0.29, 0.717) is 17.8 Å². The molecule has 0 bridgehead atoms. The van der Waals surface area contributed by atoms with E-state index in [1.807, 2.05) is 0 Å². The molecule has 0 aliphatic heterocycles. The van der Waals surface area contributed by atoms with Gasteiger partial charge in [-0.05, 0) is 48.1 Å². The normalized spacial score (nSPS) is 20.4. The van der Waals surface area contributed by atoms with Crippen LogP contribution in [0.15, 0.2) is 17.1 Å². The van der Waals surface area contributed by atoms with Crippen LogP contribution in [-0.2, 0) is 10.8 Å². The minimum atomic E-state index is -0.124. The van der Waals surface area contributed by atoms with E-state index in [1.165, 1.54) is 69.8 Å². The van der Waals surface area contributed by atoms with Crippen LogP contribution in [0, 0.1) is 0 Å².